The predicted octanol–water partition coefficient (Wildman–Crippen LogP) is 5.81. The van der Waals surface area contributed by atoms with E-state index in [0.29, 0.717) is 0 Å². The smallest absolute Gasteiger partial charge is 0.127 e. The van der Waals surface area contributed by atoms with Gasteiger partial charge in [-0.3, -0.25) is 0 Å². The van der Waals surface area contributed by atoms with Crippen LogP contribution < -0.4 is 4.74 Å². The fourth-order valence-electron chi connectivity index (χ4n) is 2.14. The second-order valence-electron chi connectivity index (χ2n) is 4.76. The Morgan fingerprint density at radius 3 is 1.67 bits per heavy atom. The lowest BCUT2D eigenvalue weighted by Gasteiger charge is -2.11. The molecule has 0 radical (unpaired) electrons. The van der Waals surface area contributed by atoms with Crippen molar-refractivity contribution in [2.45, 2.75) is 5.38 Å². The molecule has 3 aromatic rings. The Bertz CT molecular complexity index is 678. The summed E-state index contributed by atoms with van der Waals surface area (Å²) in [6.45, 7) is 0. The number of halogens is 1. The van der Waals surface area contributed by atoms with Crippen molar-refractivity contribution in [2.75, 3.05) is 0 Å². The van der Waals surface area contributed by atoms with Gasteiger partial charge in [-0.2, -0.15) is 0 Å². The van der Waals surface area contributed by atoms with Gasteiger partial charge in [0.1, 0.15) is 11.5 Å². The Hall–Kier alpha value is -2.25. The van der Waals surface area contributed by atoms with Gasteiger partial charge in [0.25, 0.3) is 0 Å². The number of ether oxygens (including phenoxy) is 1. The maximum absolute atomic E-state index is 6.50. The van der Waals surface area contributed by atoms with Crippen LogP contribution in [0.3, 0.4) is 0 Å². The van der Waals surface area contributed by atoms with Crippen molar-refractivity contribution in [1.82, 2.24) is 0 Å². The van der Waals surface area contributed by atoms with E-state index >= 15 is 0 Å². The number of hydrogen-bond donors (Lipinski definition) is 0. The highest BCUT2D eigenvalue weighted by Crippen LogP contribution is 2.30. The Labute approximate surface area is 129 Å². The van der Waals surface area contributed by atoms with E-state index in [1.165, 1.54) is 0 Å². The van der Waals surface area contributed by atoms with Crippen molar-refractivity contribution >= 4 is 11.6 Å². The summed E-state index contributed by atoms with van der Waals surface area (Å²) in [7, 11) is 0. The molecule has 0 heterocycles. The monoisotopic (exact) mass is 294 g/mol. The third-order valence-corrected chi connectivity index (χ3v) is 3.75. The second-order valence-corrected chi connectivity index (χ2v) is 5.19. The van der Waals surface area contributed by atoms with Crippen LogP contribution in [0.4, 0.5) is 0 Å². The molecular formula is C19H15ClO. The van der Waals surface area contributed by atoms with Crippen LogP contribution in [0.1, 0.15) is 16.5 Å². The van der Waals surface area contributed by atoms with Crippen LogP contribution in [-0.4, -0.2) is 0 Å². The van der Waals surface area contributed by atoms with Gasteiger partial charge in [0, 0.05) is 0 Å². The molecule has 104 valence electrons. The molecule has 21 heavy (non-hydrogen) atoms. The first kappa shape index (κ1) is 13.7. The number of benzene rings is 3. The summed E-state index contributed by atoms with van der Waals surface area (Å²) >= 11 is 6.50. The Morgan fingerprint density at radius 1 is 0.571 bits per heavy atom. The summed E-state index contributed by atoms with van der Waals surface area (Å²) in [6.07, 6.45) is 0. The minimum Gasteiger partial charge on any atom is -0.457 e. The molecule has 0 N–H and O–H groups in total. The lowest BCUT2D eigenvalue weighted by molar-refractivity contribution is 0.482. The van der Waals surface area contributed by atoms with Gasteiger partial charge in [0.2, 0.25) is 0 Å². The molecule has 1 nitrogen and oxygen atoms in total. The van der Waals surface area contributed by atoms with E-state index in [0.717, 1.165) is 22.6 Å². The first-order valence-corrected chi connectivity index (χ1v) is 7.28. The van der Waals surface area contributed by atoms with Crippen molar-refractivity contribution < 1.29 is 4.74 Å². The van der Waals surface area contributed by atoms with Crippen molar-refractivity contribution in [3.05, 3.63) is 96.1 Å². The van der Waals surface area contributed by atoms with E-state index < -0.39 is 0 Å². The second kappa shape index (κ2) is 6.47. The lowest BCUT2D eigenvalue weighted by Crippen LogP contribution is -1.93. The van der Waals surface area contributed by atoms with E-state index in [2.05, 4.69) is 0 Å². The third-order valence-electron chi connectivity index (χ3n) is 3.24. The zero-order chi connectivity index (χ0) is 14.5. The molecule has 3 rings (SSSR count). The Balaban J connectivity index is 1.75. The highest BCUT2D eigenvalue weighted by Gasteiger charge is 2.10. The van der Waals surface area contributed by atoms with Crippen LogP contribution in [0.5, 0.6) is 11.5 Å². The maximum atomic E-state index is 6.50. The van der Waals surface area contributed by atoms with E-state index in [-0.39, 0.29) is 5.38 Å². The number of hydrogen-bond acceptors (Lipinski definition) is 1. The first-order chi connectivity index (χ1) is 10.3. The summed E-state index contributed by atoms with van der Waals surface area (Å²) in [5, 5.41) is -0.142. The highest BCUT2D eigenvalue weighted by atomic mass is 35.5. The van der Waals surface area contributed by atoms with Gasteiger partial charge in [0.05, 0.1) is 5.38 Å². The molecule has 0 aromatic heterocycles. The standard InChI is InChI=1S/C19H15ClO/c20-19(15-7-3-1-4-8-15)16-11-13-18(14-12-16)21-17-9-5-2-6-10-17/h1-14,19H. The van der Waals surface area contributed by atoms with Gasteiger partial charge >= 0.3 is 0 Å². The largest absolute Gasteiger partial charge is 0.457 e. The highest BCUT2D eigenvalue weighted by molar-refractivity contribution is 6.22. The molecule has 0 aliphatic heterocycles. The van der Waals surface area contributed by atoms with Crippen molar-refractivity contribution in [3.8, 4) is 11.5 Å². The molecule has 0 saturated heterocycles. The molecule has 0 spiro atoms. The molecule has 3 aromatic carbocycles. The molecule has 0 aliphatic carbocycles. The summed E-state index contributed by atoms with van der Waals surface area (Å²) in [4.78, 5) is 0. The molecular weight excluding hydrogens is 280 g/mol. The van der Waals surface area contributed by atoms with Crippen LogP contribution in [0.2, 0.25) is 0 Å². The minimum atomic E-state index is -0.142. The number of alkyl halides is 1. The van der Waals surface area contributed by atoms with Crippen LogP contribution in [-0.2, 0) is 0 Å². The summed E-state index contributed by atoms with van der Waals surface area (Å²) in [5.74, 6) is 1.64. The van der Waals surface area contributed by atoms with Gasteiger partial charge < -0.3 is 4.74 Å². The van der Waals surface area contributed by atoms with Crippen LogP contribution >= 0.6 is 11.6 Å². The van der Waals surface area contributed by atoms with Gasteiger partial charge in [-0.1, -0.05) is 60.7 Å². The van der Waals surface area contributed by atoms with E-state index in [1.54, 1.807) is 0 Å². The van der Waals surface area contributed by atoms with Crippen LogP contribution in [0.15, 0.2) is 84.9 Å². The van der Waals surface area contributed by atoms with Crippen molar-refractivity contribution in [1.29, 1.82) is 0 Å². The summed E-state index contributed by atoms with van der Waals surface area (Å²) < 4.78 is 5.78. The van der Waals surface area contributed by atoms with Crippen molar-refractivity contribution in [2.24, 2.45) is 0 Å². The number of para-hydroxylation sites is 1. The average molecular weight is 295 g/mol. The molecule has 0 saturated carbocycles. The third kappa shape index (κ3) is 3.45. The molecule has 1 atom stereocenters. The SMILES string of the molecule is ClC(c1ccccc1)c1ccc(Oc2ccccc2)cc1. The normalized spacial score (nSPS) is 11.9. The van der Waals surface area contributed by atoms with Crippen molar-refractivity contribution in [3.63, 3.8) is 0 Å². The summed E-state index contributed by atoms with van der Waals surface area (Å²) in [6, 6.07) is 27.7. The Morgan fingerprint density at radius 2 is 1.05 bits per heavy atom. The fourth-order valence-corrected chi connectivity index (χ4v) is 2.43. The van der Waals surface area contributed by atoms with E-state index in [1.807, 2.05) is 84.9 Å². The minimum absolute atomic E-state index is 0.142. The summed E-state index contributed by atoms with van der Waals surface area (Å²) in [5.41, 5.74) is 2.15. The fraction of sp³-hybridized carbons (Fsp3) is 0.0526. The van der Waals surface area contributed by atoms with E-state index in [9.17, 15) is 0 Å². The zero-order valence-electron chi connectivity index (χ0n) is 11.4. The molecule has 0 bridgehead atoms. The molecule has 1 unspecified atom stereocenters. The lowest BCUT2D eigenvalue weighted by atomic mass is 10.0. The predicted molar refractivity (Wildman–Crippen MR) is 87.1 cm³/mol. The quantitative estimate of drug-likeness (QED) is 0.552. The van der Waals surface area contributed by atoms with Crippen LogP contribution in [0.25, 0.3) is 0 Å². The molecule has 0 fully saturated rings. The average Bonchev–Trinajstić information content (AvgIpc) is 2.57. The number of rotatable bonds is 4. The zero-order valence-corrected chi connectivity index (χ0v) is 12.2. The van der Waals surface area contributed by atoms with E-state index in [4.69, 9.17) is 16.3 Å². The Kier molecular flexibility index (Phi) is 4.23. The first-order valence-electron chi connectivity index (χ1n) is 6.85. The molecule has 2 heteroatoms. The van der Waals surface area contributed by atoms with Crippen LogP contribution in [0, 0.1) is 0 Å². The molecule has 0 aliphatic rings. The van der Waals surface area contributed by atoms with Gasteiger partial charge in [0.15, 0.2) is 0 Å². The van der Waals surface area contributed by atoms with Gasteiger partial charge in [-0.15, -0.1) is 11.6 Å². The molecule has 0 amide bonds. The maximum Gasteiger partial charge on any atom is 0.127 e. The van der Waals surface area contributed by atoms with Gasteiger partial charge in [-0.25, -0.2) is 0 Å². The topological polar surface area (TPSA) is 9.23 Å². The van der Waals surface area contributed by atoms with Gasteiger partial charge in [-0.05, 0) is 35.4 Å².